The van der Waals surface area contributed by atoms with Gasteiger partial charge in [0.1, 0.15) is 29.3 Å². The molecule has 0 saturated carbocycles. The van der Waals surface area contributed by atoms with Crippen LogP contribution in [0.1, 0.15) is 16.3 Å². The third-order valence-corrected chi connectivity index (χ3v) is 5.94. The van der Waals surface area contributed by atoms with Crippen LogP contribution in [0, 0.1) is 24.8 Å². The monoisotopic (exact) mass is 437 g/mol. The third-order valence-electron chi connectivity index (χ3n) is 4.11. The molecule has 2 N–H and O–H groups in total. The molecule has 0 aliphatic rings. The maximum Gasteiger partial charge on any atom is 0.236 e. The van der Waals surface area contributed by atoms with Gasteiger partial charge < -0.3 is 15.2 Å². The molecular formula is C21H19N5O2S2. The molecule has 0 aliphatic carbocycles. The smallest absolute Gasteiger partial charge is 0.236 e. The molecule has 30 heavy (non-hydrogen) atoms. The molecule has 0 bridgehead atoms. The van der Waals surface area contributed by atoms with Crippen molar-refractivity contribution < 1.29 is 9.47 Å². The molecule has 0 atom stereocenters. The van der Waals surface area contributed by atoms with E-state index in [0.29, 0.717) is 46.4 Å². The lowest BCUT2D eigenvalue weighted by Gasteiger charge is -2.13. The number of nitrogen functional groups attached to an aromatic ring is 1. The zero-order valence-electron chi connectivity index (χ0n) is 16.5. The topological polar surface area (TPSA) is 98.4 Å². The van der Waals surface area contributed by atoms with Crippen LogP contribution in [-0.2, 0) is 10.5 Å². The normalized spacial score (nSPS) is 10.4. The van der Waals surface area contributed by atoms with Gasteiger partial charge in [0.05, 0.1) is 29.4 Å². The first-order valence-electron chi connectivity index (χ1n) is 8.94. The zero-order valence-corrected chi connectivity index (χ0v) is 18.1. The Balaban J connectivity index is 1.97. The van der Waals surface area contributed by atoms with Crippen molar-refractivity contribution in [1.82, 2.24) is 9.97 Å². The van der Waals surface area contributed by atoms with Crippen LogP contribution in [0.5, 0.6) is 5.75 Å². The number of nitrogens with two attached hydrogens (primary N) is 1. The van der Waals surface area contributed by atoms with Gasteiger partial charge in [-0.05, 0) is 24.6 Å². The van der Waals surface area contributed by atoms with E-state index in [1.54, 1.807) is 30.6 Å². The van der Waals surface area contributed by atoms with Crippen molar-refractivity contribution in [3.05, 3.63) is 57.3 Å². The Bertz CT molecular complexity index is 1110. The number of methoxy groups -OCH3 is 1. The van der Waals surface area contributed by atoms with Crippen molar-refractivity contribution in [2.75, 3.05) is 26.1 Å². The fourth-order valence-electron chi connectivity index (χ4n) is 2.75. The summed E-state index contributed by atoms with van der Waals surface area (Å²) in [6, 6.07) is 9.42. The summed E-state index contributed by atoms with van der Waals surface area (Å²) in [7, 11) is 1.61. The van der Waals surface area contributed by atoms with Crippen molar-refractivity contribution in [2.45, 2.75) is 17.7 Å². The largest absolute Gasteiger partial charge is 0.491 e. The summed E-state index contributed by atoms with van der Waals surface area (Å²) < 4.78 is 10.6. The van der Waals surface area contributed by atoms with Gasteiger partial charge in [-0.1, -0.05) is 23.9 Å². The van der Waals surface area contributed by atoms with Gasteiger partial charge in [-0.3, -0.25) is 0 Å². The van der Waals surface area contributed by atoms with E-state index < -0.39 is 0 Å². The number of hydrogen-bond acceptors (Lipinski definition) is 8. The Hall–Kier alpha value is -3.11. The summed E-state index contributed by atoms with van der Waals surface area (Å²) in [4.78, 5) is 12.3. The summed E-state index contributed by atoms with van der Waals surface area (Å²) in [5.74, 6) is 1.35. The first-order chi connectivity index (χ1) is 14.6. The molecule has 0 saturated heterocycles. The van der Waals surface area contributed by atoms with Crippen LogP contribution < -0.4 is 10.5 Å². The molecule has 0 radical (unpaired) electrons. The lowest BCUT2D eigenvalue weighted by atomic mass is 10.00. The summed E-state index contributed by atoms with van der Waals surface area (Å²) >= 11 is 2.96. The second kappa shape index (κ2) is 10.1. The number of nitrogens with zero attached hydrogens (tertiary/aromatic N) is 4. The van der Waals surface area contributed by atoms with Crippen molar-refractivity contribution in [3.8, 4) is 22.9 Å². The number of pyridine rings is 1. The molecule has 9 heteroatoms. The first kappa shape index (κ1) is 21.6. The van der Waals surface area contributed by atoms with Crippen molar-refractivity contribution in [2.24, 2.45) is 0 Å². The van der Waals surface area contributed by atoms with Gasteiger partial charge in [-0.25, -0.2) is 14.8 Å². The van der Waals surface area contributed by atoms with Crippen LogP contribution in [-0.4, -0.2) is 30.3 Å². The summed E-state index contributed by atoms with van der Waals surface area (Å²) in [6.45, 7) is 10.4. The summed E-state index contributed by atoms with van der Waals surface area (Å²) in [5, 5.41) is 13.3. The van der Waals surface area contributed by atoms with E-state index in [2.05, 4.69) is 20.9 Å². The highest BCUT2D eigenvalue weighted by Gasteiger charge is 2.21. The second-order valence-electron chi connectivity index (χ2n) is 6.14. The molecule has 0 spiro atoms. The van der Waals surface area contributed by atoms with E-state index in [0.717, 1.165) is 10.7 Å². The Morgan fingerprint density at radius 2 is 2.03 bits per heavy atom. The number of thiazole rings is 1. The number of hydrogen-bond donors (Lipinski definition) is 1. The molecular weight excluding hydrogens is 418 g/mol. The molecule has 1 aromatic carbocycles. The van der Waals surface area contributed by atoms with Crippen LogP contribution in [0.4, 0.5) is 11.5 Å². The quantitative estimate of drug-likeness (QED) is 0.306. The van der Waals surface area contributed by atoms with E-state index >= 15 is 0 Å². The second-order valence-corrected chi connectivity index (χ2v) is 8.16. The average molecular weight is 438 g/mol. The minimum atomic E-state index is 0.108. The van der Waals surface area contributed by atoms with Crippen LogP contribution in [0.2, 0.25) is 0 Å². The van der Waals surface area contributed by atoms with Gasteiger partial charge in [0.25, 0.3) is 0 Å². The standard InChI is InChI=1S/C21H19N5O2S2/c1-13-25-15(11-29-13)12-30-21-17(10-22)18(19(24-2)20(23)26-21)14-4-6-16(7-5-14)28-9-8-27-3/h4-7,11H,8-9,12H2,1,3H3,(H2,23,26). The lowest BCUT2D eigenvalue weighted by Crippen LogP contribution is -2.04. The van der Waals surface area contributed by atoms with Crippen LogP contribution in [0.15, 0.2) is 34.7 Å². The Morgan fingerprint density at radius 1 is 1.27 bits per heavy atom. The minimum Gasteiger partial charge on any atom is -0.491 e. The molecule has 0 aliphatic heterocycles. The highest BCUT2D eigenvalue weighted by atomic mass is 32.2. The molecule has 3 rings (SSSR count). The molecule has 152 valence electrons. The van der Waals surface area contributed by atoms with Gasteiger partial charge in [-0.15, -0.1) is 11.3 Å². The number of anilines is 1. The Kier molecular flexibility index (Phi) is 7.26. The maximum absolute atomic E-state index is 9.87. The third kappa shape index (κ3) is 4.89. The number of nitriles is 1. The highest BCUT2D eigenvalue weighted by molar-refractivity contribution is 7.98. The number of ether oxygens (including phenoxy) is 2. The summed E-state index contributed by atoms with van der Waals surface area (Å²) in [5.41, 5.74) is 8.69. The fraction of sp³-hybridized carbons (Fsp3) is 0.238. The summed E-state index contributed by atoms with van der Waals surface area (Å²) in [6.07, 6.45) is 0. The van der Waals surface area contributed by atoms with E-state index in [-0.39, 0.29) is 11.5 Å². The Morgan fingerprint density at radius 3 is 2.63 bits per heavy atom. The predicted octanol–water partition coefficient (Wildman–Crippen LogP) is 4.84. The molecule has 2 heterocycles. The van der Waals surface area contributed by atoms with Gasteiger partial charge >= 0.3 is 0 Å². The van der Waals surface area contributed by atoms with E-state index in [4.69, 9.17) is 21.8 Å². The van der Waals surface area contributed by atoms with Gasteiger partial charge in [0.15, 0.2) is 0 Å². The van der Waals surface area contributed by atoms with Crippen LogP contribution in [0.25, 0.3) is 16.0 Å². The predicted molar refractivity (Wildman–Crippen MR) is 119 cm³/mol. The van der Waals surface area contributed by atoms with E-state index in [1.165, 1.54) is 11.8 Å². The molecule has 0 unspecified atom stereocenters. The number of thioether (sulfide) groups is 1. The van der Waals surface area contributed by atoms with E-state index in [1.807, 2.05) is 24.4 Å². The molecule has 0 amide bonds. The van der Waals surface area contributed by atoms with Crippen molar-refractivity contribution >= 4 is 34.6 Å². The van der Waals surface area contributed by atoms with Crippen LogP contribution >= 0.6 is 23.1 Å². The Labute approximate surface area is 183 Å². The van der Waals surface area contributed by atoms with Crippen molar-refractivity contribution in [1.29, 1.82) is 5.26 Å². The zero-order chi connectivity index (χ0) is 21.5. The minimum absolute atomic E-state index is 0.108. The fourth-order valence-corrected chi connectivity index (χ4v) is 4.36. The number of aryl methyl sites for hydroxylation is 1. The molecule has 7 nitrogen and oxygen atoms in total. The van der Waals surface area contributed by atoms with Crippen LogP contribution in [0.3, 0.4) is 0 Å². The number of benzene rings is 1. The van der Waals surface area contributed by atoms with Gasteiger partial charge in [-0.2, -0.15) is 5.26 Å². The van der Waals surface area contributed by atoms with E-state index in [9.17, 15) is 5.26 Å². The number of rotatable bonds is 8. The van der Waals surface area contributed by atoms with Gasteiger partial charge in [0, 0.05) is 23.8 Å². The maximum atomic E-state index is 9.87. The SMILES string of the molecule is [C-]#[N+]c1c(N)nc(SCc2csc(C)n2)c(C#N)c1-c1ccc(OCCOC)cc1. The number of aromatic nitrogens is 2. The molecule has 2 aromatic heterocycles. The van der Waals surface area contributed by atoms with Gasteiger partial charge in [0.2, 0.25) is 5.69 Å². The van der Waals surface area contributed by atoms with Crippen molar-refractivity contribution in [3.63, 3.8) is 0 Å². The molecule has 3 aromatic rings. The lowest BCUT2D eigenvalue weighted by molar-refractivity contribution is 0.146. The molecule has 0 fully saturated rings. The average Bonchev–Trinajstić information content (AvgIpc) is 3.17. The highest BCUT2D eigenvalue weighted by Crippen LogP contribution is 2.42. The first-order valence-corrected chi connectivity index (χ1v) is 10.8.